The van der Waals surface area contributed by atoms with Crippen molar-refractivity contribution in [2.45, 2.75) is 19.3 Å². The van der Waals surface area contributed by atoms with Crippen molar-refractivity contribution in [1.29, 1.82) is 5.26 Å². The number of carbonyl (C=O) groups excluding carboxylic acids is 1. The molecule has 24 heavy (non-hydrogen) atoms. The summed E-state index contributed by atoms with van der Waals surface area (Å²) in [6, 6.07) is 19.2. The Bertz CT molecular complexity index is 730. The molecule has 0 aromatic heterocycles. The first-order valence-corrected chi connectivity index (χ1v) is 8.26. The van der Waals surface area contributed by atoms with E-state index in [2.05, 4.69) is 17.4 Å². The van der Waals surface area contributed by atoms with Crippen LogP contribution < -0.4 is 5.32 Å². The quantitative estimate of drug-likeness (QED) is 0.462. The number of benzene rings is 2. The number of nitriles is 1. The van der Waals surface area contributed by atoms with Gasteiger partial charge in [-0.3, -0.25) is 4.79 Å². The topological polar surface area (TPSA) is 52.9 Å². The van der Waals surface area contributed by atoms with Crippen LogP contribution in [-0.2, 0) is 11.2 Å². The average Bonchev–Trinajstić information content (AvgIpc) is 2.61. The molecule has 4 heteroatoms. The number of halogens is 1. The lowest BCUT2D eigenvalue weighted by Crippen LogP contribution is -2.25. The van der Waals surface area contributed by atoms with Gasteiger partial charge in [0.05, 0.1) is 0 Å². The van der Waals surface area contributed by atoms with Crippen molar-refractivity contribution in [2.75, 3.05) is 6.54 Å². The number of nitrogens with one attached hydrogen (secondary N) is 1. The van der Waals surface area contributed by atoms with Crippen LogP contribution in [0.15, 0.2) is 60.2 Å². The van der Waals surface area contributed by atoms with Crippen LogP contribution in [0.25, 0.3) is 6.08 Å². The predicted octanol–water partition coefficient (Wildman–Crippen LogP) is 4.39. The van der Waals surface area contributed by atoms with E-state index in [1.54, 1.807) is 30.3 Å². The zero-order valence-corrected chi connectivity index (χ0v) is 14.1. The molecule has 0 bridgehead atoms. The SMILES string of the molecule is N#CC(=Cc1ccc(Cl)cc1)C(=O)NCCCCc1ccccc1. The van der Waals surface area contributed by atoms with Crippen LogP contribution in [-0.4, -0.2) is 12.5 Å². The molecular formula is C20H19ClN2O. The van der Waals surface area contributed by atoms with Crippen LogP contribution in [0.3, 0.4) is 0 Å². The summed E-state index contributed by atoms with van der Waals surface area (Å²) in [5, 5.41) is 12.6. The third kappa shape index (κ3) is 5.91. The van der Waals surface area contributed by atoms with Gasteiger partial charge in [-0.2, -0.15) is 5.26 Å². The predicted molar refractivity (Wildman–Crippen MR) is 97.4 cm³/mol. The van der Waals surface area contributed by atoms with Gasteiger partial charge in [0.1, 0.15) is 11.6 Å². The van der Waals surface area contributed by atoms with Gasteiger partial charge in [-0.15, -0.1) is 0 Å². The Morgan fingerprint density at radius 3 is 2.46 bits per heavy atom. The first-order chi connectivity index (χ1) is 11.7. The molecule has 0 heterocycles. The molecule has 2 aromatic rings. The number of unbranched alkanes of at least 4 members (excludes halogenated alkanes) is 1. The second-order valence-corrected chi connectivity index (χ2v) is 5.86. The summed E-state index contributed by atoms with van der Waals surface area (Å²) in [6.45, 7) is 0.561. The summed E-state index contributed by atoms with van der Waals surface area (Å²) < 4.78 is 0. The van der Waals surface area contributed by atoms with E-state index in [1.807, 2.05) is 24.3 Å². The van der Waals surface area contributed by atoms with Crippen molar-refractivity contribution in [2.24, 2.45) is 0 Å². The van der Waals surface area contributed by atoms with Gasteiger partial charge in [-0.1, -0.05) is 54.1 Å². The lowest BCUT2D eigenvalue weighted by molar-refractivity contribution is -0.117. The van der Waals surface area contributed by atoms with Gasteiger partial charge in [0.15, 0.2) is 0 Å². The van der Waals surface area contributed by atoms with Crippen molar-refractivity contribution in [1.82, 2.24) is 5.32 Å². The Kier molecular flexibility index (Phi) is 7.07. The Morgan fingerprint density at radius 1 is 1.08 bits per heavy atom. The minimum Gasteiger partial charge on any atom is -0.351 e. The second kappa shape index (κ2) is 9.54. The summed E-state index contributed by atoms with van der Waals surface area (Å²) in [7, 11) is 0. The van der Waals surface area contributed by atoms with Gasteiger partial charge in [0, 0.05) is 11.6 Å². The highest BCUT2D eigenvalue weighted by molar-refractivity contribution is 6.30. The molecule has 2 aromatic carbocycles. The zero-order valence-electron chi connectivity index (χ0n) is 13.3. The minimum absolute atomic E-state index is 0.0976. The van der Waals surface area contributed by atoms with E-state index in [-0.39, 0.29) is 11.5 Å². The van der Waals surface area contributed by atoms with Crippen LogP contribution in [0.1, 0.15) is 24.0 Å². The number of nitrogens with zero attached hydrogens (tertiary/aromatic N) is 1. The van der Waals surface area contributed by atoms with E-state index in [1.165, 1.54) is 5.56 Å². The maximum Gasteiger partial charge on any atom is 0.261 e. The van der Waals surface area contributed by atoms with E-state index in [4.69, 9.17) is 16.9 Å². The molecule has 1 amide bonds. The number of carbonyl (C=O) groups is 1. The molecule has 0 atom stereocenters. The summed E-state index contributed by atoms with van der Waals surface area (Å²) in [5.41, 5.74) is 2.17. The Morgan fingerprint density at radius 2 is 1.79 bits per heavy atom. The molecule has 122 valence electrons. The first kappa shape index (κ1) is 17.8. The maximum absolute atomic E-state index is 12.1. The molecular weight excluding hydrogens is 320 g/mol. The van der Waals surface area contributed by atoms with Crippen LogP contribution in [0.2, 0.25) is 5.02 Å². The third-order valence-corrected chi connectivity index (χ3v) is 3.82. The second-order valence-electron chi connectivity index (χ2n) is 5.42. The summed E-state index contributed by atoms with van der Waals surface area (Å²) in [6.07, 6.45) is 4.42. The van der Waals surface area contributed by atoms with E-state index in [0.717, 1.165) is 24.8 Å². The number of amides is 1. The van der Waals surface area contributed by atoms with Crippen molar-refractivity contribution >= 4 is 23.6 Å². The number of hydrogen-bond donors (Lipinski definition) is 1. The highest BCUT2D eigenvalue weighted by atomic mass is 35.5. The van der Waals surface area contributed by atoms with E-state index in [9.17, 15) is 4.79 Å². The summed E-state index contributed by atoms with van der Waals surface area (Å²) in [5.74, 6) is -0.341. The van der Waals surface area contributed by atoms with Crippen LogP contribution in [0.5, 0.6) is 0 Å². The van der Waals surface area contributed by atoms with Crippen molar-refractivity contribution < 1.29 is 4.79 Å². The lowest BCUT2D eigenvalue weighted by Gasteiger charge is -2.05. The Labute approximate surface area is 147 Å². The van der Waals surface area contributed by atoms with Gasteiger partial charge in [0.25, 0.3) is 5.91 Å². The van der Waals surface area contributed by atoms with Crippen LogP contribution >= 0.6 is 11.6 Å². The molecule has 0 saturated carbocycles. The van der Waals surface area contributed by atoms with Crippen molar-refractivity contribution in [3.63, 3.8) is 0 Å². The standard InChI is InChI=1S/C20H19ClN2O/c21-19-11-9-17(10-12-19)14-18(15-22)20(24)23-13-5-4-8-16-6-2-1-3-7-16/h1-3,6-7,9-12,14H,4-5,8,13H2,(H,23,24). The third-order valence-electron chi connectivity index (χ3n) is 3.57. The zero-order chi connectivity index (χ0) is 17.2. The fourth-order valence-corrected chi connectivity index (χ4v) is 2.40. The lowest BCUT2D eigenvalue weighted by atomic mass is 10.1. The van der Waals surface area contributed by atoms with Crippen LogP contribution in [0.4, 0.5) is 0 Å². The number of hydrogen-bond acceptors (Lipinski definition) is 2. The normalized spacial score (nSPS) is 10.9. The van der Waals surface area contributed by atoms with E-state index < -0.39 is 0 Å². The minimum atomic E-state index is -0.341. The Balaban J connectivity index is 1.78. The van der Waals surface area contributed by atoms with Gasteiger partial charge in [-0.05, 0) is 48.6 Å². The highest BCUT2D eigenvalue weighted by Crippen LogP contribution is 2.12. The molecule has 0 spiro atoms. The van der Waals surface area contributed by atoms with Gasteiger partial charge < -0.3 is 5.32 Å². The summed E-state index contributed by atoms with van der Waals surface area (Å²) in [4.78, 5) is 12.1. The average molecular weight is 339 g/mol. The molecule has 1 N–H and O–H groups in total. The van der Waals surface area contributed by atoms with Crippen molar-refractivity contribution in [3.05, 3.63) is 76.3 Å². The molecule has 0 radical (unpaired) electrons. The molecule has 3 nitrogen and oxygen atoms in total. The molecule has 0 aliphatic carbocycles. The monoisotopic (exact) mass is 338 g/mol. The number of aryl methyl sites for hydroxylation is 1. The molecule has 0 saturated heterocycles. The molecule has 0 aliphatic heterocycles. The van der Waals surface area contributed by atoms with E-state index >= 15 is 0 Å². The molecule has 0 aliphatic rings. The summed E-state index contributed by atoms with van der Waals surface area (Å²) >= 11 is 5.82. The van der Waals surface area contributed by atoms with E-state index in [0.29, 0.717) is 11.6 Å². The highest BCUT2D eigenvalue weighted by Gasteiger charge is 2.08. The number of rotatable bonds is 7. The maximum atomic E-state index is 12.1. The smallest absolute Gasteiger partial charge is 0.261 e. The molecule has 0 unspecified atom stereocenters. The van der Waals surface area contributed by atoms with Gasteiger partial charge in [0.2, 0.25) is 0 Å². The largest absolute Gasteiger partial charge is 0.351 e. The fraction of sp³-hybridized carbons (Fsp3) is 0.200. The van der Waals surface area contributed by atoms with Gasteiger partial charge in [-0.25, -0.2) is 0 Å². The fourth-order valence-electron chi connectivity index (χ4n) is 2.27. The Hall–Kier alpha value is -2.57. The molecule has 2 rings (SSSR count). The van der Waals surface area contributed by atoms with Crippen molar-refractivity contribution in [3.8, 4) is 6.07 Å². The first-order valence-electron chi connectivity index (χ1n) is 7.88. The van der Waals surface area contributed by atoms with Crippen LogP contribution in [0, 0.1) is 11.3 Å². The molecule has 0 fully saturated rings. The van der Waals surface area contributed by atoms with Gasteiger partial charge >= 0.3 is 0 Å².